The molecule has 4 heteroatoms. The zero-order valence-electron chi connectivity index (χ0n) is 12.0. The number of carbonyl (C=O) groups excluding carboxylic acids is 1. The van der Waals surface area contributed by atoms with E-state index in [0.29, 0.717) is 18.9 Å². The number of methoxy groups -OCH3 is 1. The van der Waals surface area contributed by atoms with E-state index < -0.39 is 0 Å². The Morgan fingerprint density at radius 3 is 2.63 bits per heavy atom. The molecule has 1 aromatic carbocycles. The van der Waals surface area contributed by atoms with Crippen LogP contribution >= 0.6 is 0 Å². The predicted octanol–water partition coefficient (Wildman–Crippen LogP) is 1.73. The minimum absolute atomic E-state index is 0.0108. The fourth-order valence-electron chi connectivity index (χ4n) is 2.03. The molecule has 0 radical (unpaired) electrons. The van der Waals surface area contributed by atoms with Crippen LogP contribution in [-0.4, -0.2) is 25.6 Å². The van der Waals surface area contributed by atoms with Crippen molar-refractivity contribution in [2.24, 2.45) is 11.7 Å². The van der Waals surface area contributed by atoms with Crippen molar-refractivity contribution in [3.63, 3.8) is 0 Å². The molecular formula is C15H24N2O2. The highest BCUT2D eigenvalue weighted by Gasteiger charge is 2.16. The molecule has 106 valence electrons. The molecule has 0 fully saturated rings. The lowest BCUT2D eigenvalue weighted by Gasteiger charge is -2.22. The van der Waals surface area contributed by atoms with Gasteiger partial charge in [-0.2, -0.15) is 0 Å². The summed E-state index contributed by atoms with van der Waals surface area (Å²) in [4.78, 5) is 12.1. The molecule has 0 aliphatic heterocycles. The van der Waals surface area contributed by atoms with Gasteiger partial charge in [-0.3, -0.25) is 4.79 Å². The molecule has 19 heavy (non-hydrogen) atoms. The van der Waals surface area contributed by atoms with E-state index in [1.807, 2.05) is 24.3 Å². The van der Waals surface area contributed by atoms with Crippen LogP contribution in [-0.2, 0) is 11.2 Å². The second-order valence-electron chi connectivity index (χ2n) is 4.98. The van der Waals surface area contributed by atoms with Crippen LogP contribution < -0.4 is 15.8 Å². The molecule has 3 N–H and O–H groups in total. The molecule has 1 amide bonds. The molecule has 0 saturated heterocycles. The van der Waals surface area contributed by atoms with Gasteiger partial charge in [0.25, 0.3) is 0 Å². The number of rotatable bonds is 7. The Balaban J connectivity index is 2.63. The SMILES string of the molecule is COc1ccccc1CC(=O)NC(CCN)C(C)C. The van der Waals surface area contributed by atoms with Crippen LogP contribution in [0.15, 0.2) is 24.3 Å². The number of carbonyl (C=O) groups is 1. The fourth-order valence-corrected chi connectivity index (χ4v) is 2.03. The number of amides is 1. The number of para-hydroxylation sites is 1. The van der Waals surface area contributed by atoms with E-state index >= 15 is 0 Å². The summed E-state index contributed by atoms with van der Waals surface area (Å²) in [5.41, 5.74) is 6.47. The highest BCUT2D eigenvalue weighted by molar-refractivity contribution is 5.79. The number of nitrogens with one attached hydrogen (secondary N) is 1. The monoisotopic (exact) mass is 264 g/mol. The van der Waals surface area contributed by atoms with Gasteiger partial charge in [0.1, 0.15) is 5.75 Å². The molecule has 0 bridgehead atoms. The first kappa shape index (κ1) is 15.5. The molecule has 1 unspecified atom stereocenters. The second-order valence-corrected chi connectivity index (χ2v) is 4.98. The average molecular weight is 264 g/mol. The topological polar surface area (TPSA) is 64.3 Å². The van der Waals surface area contributed by atoms with Crippen LogP contribution in [0.25, 0.3) is 0 Å². The number of hydrogen-bond donors (Lipinski definition) is 2. The maximum absolute atomic E-state index is 12.1. The Kier molecular flexibility index (Phi) is 6.36. The number of ether oxygens (including phenoxy) is 1. The zero-order valence-corrected chi connectivity index (χ0v) is 12.0. The quantitative estimate of drug-likeness (QED) is 0.788. The fraction of sp³-hybridized carbons (Fsp3) is 0.533. The Hall–Kier alpha value is -1.55. The highest BCUT2D eigenvalue weighted by Crippen LogP contribution is 2.18. The van der Waals surface area contributed by atoms with E-state index in [0.717, 1.165) is 17.7 Å². The zero-order chi connectivity index (χ0) is 14.3. The van der Waals surface area contributed by atoms with Gasteiger partial charge in [0.2, 0.25) is 5.91 Å². The lowest BCUT2D eigenvalue weighted by molar-refractivity contribution is -0.121. The molecule has 0 aliphatic carbocycles. The summed E-state index contributed by atoms with van der Waals surface area (Å²) in [5.74, 6) is 1.14. The Morgan fingerprint density at radius 2 is 2.05 bits per heavy atom. The predicted molar refractivity (Wildman–Crippen MR) is 77.1 cm³/mol. The Labute approximate surface area is 115 Å². The number of benzene rings is 1. The molecule has 0 spiro atoms. The summed E-state index contributed by atoms with van der Waals surface area (Å²) in [6, 6.07) is 7.71. The second kappa shape index (κ2) is 7.79. The van der Waals surface area contributed by atoms with Gasteiger partial charge in [0.05, 0.1) is 13.5 Å². The minimum Gasteiger partial charge on any atom is -0.496 e. The van der Waals surface area contributed by atoms with Gasteiger partial charge >= 0.3 is 0 Å². The van der Waals surface area contributed by atoms with Crippen molar-refractivity contribution in [2.45, 2.75) is 32.7 Å². The first-order valence-corrected chi connectivity index (χ1v) is 6.69. The van der Waals surface area contributed by atoms with Gasteiger partial charge in [-0.1, -0.05) is 32.0 Å². The first-order chi connectivity index (χ1) is 9.08. The summed E-state index contributed by atoms with van der Waals surface area (Å²) >= 11 is 0. The van der Waals surface area contributed by atoms with Gasteiger partial charge in [0, 0.05) is 11.6 Å². The average Bonchev–Trinajstić information content (AvgIpc) is 2.38. The Bertz CT molecular complexity index is 405. The third-order valence-corrected chi connectivity index (χ3v) is 3.17. The standard InChI is InChI=1S/C15H24N2O2/c1-11(2)13(8-9-16)17-15(18)10-12-6-4-5-7-14(12)19-3/h4-7,11,13H,8-10,16H2,1-3H3,(H,17,18). The van der Waals surface area contributed by atoms with Crippen molar-refractivity contribution in [2.75, 3.05) is 13.7 Å². The van der Waals surface area contributed by atoms with Crippen LogP contribution in [0.4, 0.5) is 0 Å². The van der Waals surface area contributed by atoms with Gasteiger partial charge in [0.15, 0.2) is 0 Å². The van der Waals surface area contributed by atoms with Crippen molar-refractivity contribution in [3.05, 3.63) is 29.8 Å². The van der Waals surface area contributed by atoms with Crippen LogP contribution in [0.5, 0.6) is 5.75 Å². The van der Waals surface area contributed by atoms with E-state index in [4.69, 9.17) is 10.5 Å². The van der Waals surface area contributed by atoms with E-state index in [1.165, 1.54) is 0 Å². The summed E-state index contributed by atoms with van der Waals surface area (Å²) in [5, 5.41) is 3.04. The van der Waals surface area contributed by atoms with Crippen molar-refractivity contribution in [1.82, 2.24) is 5.32 Å². The summed E-state index contributed by atoms with van der Waals surface area (Å²) < 4.78 is 5.25. The van der Waals surface area contributed by atoms with Crippen molar-refractivity contribution in [1.29, 1.82) is 0 Å². The summed E-state index contributed by atoms with van der Waals surface area (Å²) in [6.45, 7) is 4.76. The molecule has 1 aromatic rings. The third kappa shape index (κ3) is 4.91. The molecule has 0 aromatic heterocycles. The van der Waals surface area contributed by atoms with E-state index in [-0.39, 0.29) is 11.9 Å². The first-order valence-electron chi connectivity index (χ1n) is 6.69. The van der Waals surface area contributed by atoms with Crippen LogP contribution in [0.2, 0.25) is 0 Å². The highest BCUT2D eigenvalue weighted by atomic mass is 16.5. The van der Waals surface area contributed by atoms with Gasteiger partial charge in [-0.05, 0) is 24.9 Å². The van der Waals surface area contributed by atoms with Crippen molar-refractivity contribution >= 4 is 5.91 Å². The molecule has 1 rings (SSSR count). The third-order valence-electron chi connectivity index (χ3n) is 3.17. The lowest BCUT2D eigenvalue weighted by Crippen LogP contribution is -2.40. The van der Waals surface area contributed by atoms with Gasteiger partial charge in [-0.15, -0.1) is 0 Å². The Morgan fingerprint density at radius 1 is 1.37 bits per heavy atom. The summed E-state index contributed by atoms with van der Waals surface area (Å²) in [7, 11) is 1.61. The van der Waals surface area contributed by atoms with E-state index in [2.05, 4.69) is 19.2 Å². The smallest absolute Gasteiger partial charge is 0.224 e. The van der Waals surface area contributed by atoms with Crippen LogP contribution in [0, 0.1) is 5.92 Å². The van der Waals surface area contributed by atoms with Crippen LogP contribution in [0.1, 0.15) is 25.8 Å². The lowest BCUT2D eigenvalue weighted by atomic mass is 10.0. The van der Waals surface area contributed by atoms with Crippen LogP contribution in [0.3, 0.4) is 0 Å². The molecule has 0 saturated carbocycles. The van der Waals surface area contributed by atoms with Crippen molar-refractivity contribution in [3.8, 4) is 5.75 Å². The molecule has 0 heterocycles. The minimum atomic E-state index is 0.0108. The van der Waals surface area contributed by atoms with E-state index in [9.17, 15) is 4.79 Å². The molecule has 1 atom stereocenters. The number of hydrogen-bond acceptors (Lipinski definition) is 3. The largest absolute Gasteiger partial charge is 0.496 e. The van der Waals surface area contributed by atoms with Gasteiger partial charge in [-0.25, -0.2) is 0 Å². The normalized spacial score (nSPS) is 12.3. The maximum atomic E-state index is 12.1. The molecular weight excluding hydrogens is 240 g/mol. The number of nitrogens with two attached hydrogens (primary N) is 1. The molecule has 4 nitrogen and oxygen atoms in total. The maximum Gasteiger partial charge on any atom is 0.224 e. The van der Waals surface area contributed by atoms with Crippen molar-refractivity contribution < 1.29 is 9.53 Å². The summed E-state index contributed by atoms with van der Waals surface area (Å²) in [6.07, 6.45) is 1.13. The van der Waals surface area contributed by atoms with Gasteiger partial charge < -0.3 is 15.8 Å². The molecule has 0 aliphatic rings. The van der Waals surface area contributed by atoms with E-state index in [1.54, 1.807) is 7.11 Å².